The fraction of sp³-hybridized carbons (Fsp3) is 0.625. The third kappa shape index (κ3) is 9.63. The van der Waals surface area contributed by atoms with Crippen molar-refractivity contribution < 1.29 is 14.2 Å². The molecule has 4 unspecified atom stereocenters. The summed E-state index contributed by atoms with van der Waals surface area (Å²) in [5, 5.41) is 0. The Balaban J connectivity index is 1.70. The van der Waals surface area contributed by atoms with Crippen molar-refractivity contribution in [3.63, 3.8) is 0 Å². The second-order valence-corrected chi connectivity index (χ2v) is 10.3. The monoisotopic (exact) mass is 495 g/mol. The Morgan fingerprint density at radius 2 is 1.22 bits per heavy atom. The van der Waals surface area contributed by atoms with Crippen LogP contribution in [0.1, 0.15) is 82.8 Å². The zero-order valence-corrected chi connectivity index (χ0v) is 22.9. The number of benzene rings is 2. The van der Waals surface area contributed by atoms with E-state index in [1.54, 1.807) is 0 Å². The molecule has 0 N–H and O–H groups in total. The number of unbranched alkanes of at least 4 members (excludes halogenated alkanes) is 6. The molecule has 2 aromatic carbocycles. The van der Waals surface area contributed by atoms with Gasteiger partial charge in [0.25, 0.3) is 0 Å². The minimum atomic E-state index is 0.0204. The maximum atomic E-state index is 6.62. The Hall–Kier alpha value is -1.72. The first kappa shape index (κ1) is 28.8. The van der Waals surface area contributed by atoms with Gasteiger partial charge in [-0.1, -0.05) is 113 Å². The van der Waals surface area contributed by atoms with Crippen molar-refractivity contribution in [1.82, 2.24) is 4.90 Å². The van der Waals surface area contributed by atoms with Crippen molar-refractivity contribution in [3.8, 4) is 0 Å². The van der Waals surface area contributed by atoms with Gasteiger partial charge >= 0.3 is 0 Å². The van der Waals surface area contributed by atoms with Crippen LogP contribution >= 0.6 is 0 Å². The van der Waals surface area contributed by atoms with Crippen LogP contribution in [0, 0.1) is 0 Å². The van der Waals surface area contributed by atoms with Gasteiger partial charge < -0.3 is 14.2 Å². The number of likely N-dealkylation sites (N-methyl/N-ethyl adjacent to an activating group) is 1. The first-order chi connectivity index (χ1) is 17.7. The first-order valence-corrected chi connectivity index (χ1v) is 14.4. The van der Waals surface area contributed by atoms with E-state index in [4.69, 9.17) is 14.2 Å². The molecular formula is C32H49NO3. The van der Waals surface area contributed by atoms with E-state index in [1.165, 1.54) is 56.1 Å². The molecule has 0 aromatic heterocycles. The molecular weight excluding hydrogens is 446 g/mol. The van der Waals surface area contributed by atoms with Crippen LogP contribution in [0.3, 0.4) is 0 Å². The van der Waals surface area contributed by atoms with Gasteiger partial charge in [-0.2, -0.15) is 0 Å². The lowest BCUT2D eigenvalue weighted by Gasteiger charge is -2.34. The Kier molecular flexibility index (Phi) is 13.6. The fourth-order valence-corrected chi connectivity index (χ4v) is 5.24. The summed E-state index contributed by atoms with van der Waals surface area (Å²) in [5.41, 5.74) is 2.42. The van der Waals surface area contributed by atoms with Gasteiger partial charge in [0.05, 0.1) is 31.5 Å². The summed E-state index contributed by atoms with van der Waals surface area (Å²) in [7, 11) is 2.26. The van der Waals surface area contributed by atoms with Gasteiger partial charge in [0.2, 0.25) is 0 Å². The average molecular weight is 496 g/mol. The molecule has 4 atom stereocenters. The van der Waals surface area contributed by atoms with Gasteiger partial charge in [0.1, 0.15) is 6.10 Å². The molecule has 0 radical (unpaired) electrons. The van der Waals surface area contributed by atoms with E-state index in [0.29, 0.717) is 13.2 Å². The standard InChI is InChI=1S/C32H49NO3/c1-4-6-8-9-16-22-33(3)31-29(35-25-27-18-12-10-13-19-27)24-30(32(31)34-23-17-7-5-2)36-26-28-20-14-11-15-21-28/h10-15,18-21,29-32H,4-9,16-17,22-26H2,1-3H3. The lowest BCUT2D eigenvalue weighted by Crippen LogP contribution is -2.48. The maximum absolute atomic E-state index is 6.62. The van der Waals surface area contributed by atoms with E-state index >= 15 is 0 Å². The van der Waals surface area contributed by atoms with Crippen molar-refractivity contribution >= 4 is 0 Å². The van der Waals surface area contributed by atoms with Crippen LogP contribution in [-0.2, 0) is 27.4 Å². The van der Waals surface area contributed by atoms with Crippen molar-refractivity contribution in [1.29, 1.82) is 0 Å². The van der Waals surface area contributed by atoms with Gasteiger partial charge in [0.15, 0.2) is 0 Å². The third-order valence-electron chi connectivity index (χ3n) is 7.34. The highest BCUT2D eigenvalue weighted by atomic mass is 16.6. The van der Waals surface area contributed by atoms with Crippen molar-refractivity contribution in [2.24, 2.45) is 0 Å². The molecule has 0 aliphatic heterocycles. The Bertz CT molecular complexity index is 800. The van der Waals surface area contributed by atoms with E-state index < -0.39 is 0 Å². The van der Waals surface area contributed by atoms with Crippen LogP contribution in [0.15, 0.2) is 60.7 Å². The van der Waals surface area contributed by atoms with Gasteiger partial charge in [-0.25, -0.2) is 0 Å². The van der Waals surface area contributed by atoms with Gasteiger partial charge in [0, 0.05) is 13.0 Å². The summed E-state index contributed by atoms with van der Waals surface area (Å²) in [4.78, 5) is 2.50. The van der Waals surface area contributed by atoms with Crippen LogP contribution < -0.4 is 0 Å². The minimum Gasteiger partial charge on any atom is -0.374 e. The van der Waals surface area contributed by atoms with E-state index in [0.717, 1.165) is 26.0 Å². The topological polar surface area (TPSA) is 30.9 Å². The van der Waals surface area contributed by atoms with Crippen LogP contribution in [0.5, 0.6) is 0 Å². The Labute approximate surface area is 220 Å². The molecule has 0 amide bonds. The number of hydrogen-bond donors (Lipinski definition) is 0. The van der Waals surface area contributed by atoms with Crippen molar-refractivity contribution in [2.45, 2.75) is 109 Å². The summed E-state index contributed by atoms with van der Waals surface area (Å²) >= 11 is 0. The quantitative estimate of drug-likeness (QED) is 0.202. The van der Waals surface area contributed by atoms with E-state index in [1.807, 2.05) is 0 Å². The molecule has 3 rings (SSSR count). The molecule has 1 saturated carbocycles. The molecule has 4 nitrogen and oxygen atoms in total. The van der Waals surface area contributed by atoms with E-state index in [2.05, 4.69) is 86.5 Å². The number of nitrogens with zero attached hydrogens (tertiary/aromatic N) is 1. The van der Waals surface area contributed by atoms with Gasteiger partial charge in [-0.15, -0.1) is 0 Å². The molecule has 4 heteroatoms. The van der Waals surface area contributed by atoms with Crippen LogP contribution in [-0.4, -0.2) is 49.5 Å². The summed E-state index contributed by atoms with van der Waals surface area (Å²) in [5.74, 6) is 0. The summed E-state index contributed by atoms with van der Waals surface area (Å²) in [6.07, 6.45) is 10.9. The highest BCUT2D eigenvalue weighted by Gasteiger charge is 2.47. The zero-order valence-electron chi connectivity index (χ0n) is 22.9. The number of ether oxygens (including phenoxy) is 3. The lowest BCUT2D eigenvalue weighted by molar-refractivity contribution is -0.0898. The fourth-order valence-electron chi connectivity index (χ4n) is 5.24. The Morgan fingerprint density at radius 1 is 0.667 bits per heavy atom. The van der Waals surface area contributed by atoms with Gasteiger partial charge in [-0.05, 0) is 37.6 Å². The molecule has 1 aliphatic rings. The largest absolute Gasteiger partial charge is 0.374 e. The maximum Gasteiger partial charge on any atom is 0.102 e. The van der Waals surface area contributed by atoms with Crippen molar-refractivity contribution in [3.05, 3.63) is 71.8 Å². The molecule has 2 aromatic rings. The SMILES string of the molecule is CCCCCCCN(C)C1C(OCc2ccccc2)CC(OCc2ccccc2)C1OCCCCC. The normalized spacial score (nSPS) is 21.9. The van der Waals surface area contributed by atoms with E-state index in [9.17, 15) is 0 Å². The zero-order chi connectivity index (χ0) is 25.4. The number of rotatable bonds is 18. The minimum absolute atomic E-state index is 0.0204. The summed E-state index contributed by atoms with van der Waals surface area (Å²) in [6.45, 7) is 7.61. The second kappa shape index (κ2) is 16.9. The highest BCUT2D eigenvalue weighted by Crippen LogP contribution is 2.33. The molecule has 36 heavy (non-hydrogen) atoms. The molecule has 200 valence electrons. The molecule has 0 bridgehead atoms. The molecule has 0 spiro atoms. The van der Waals surface area contributed by atoms with E-state index in [-0.39, 0.29) is 24.4 Å². The molecule has 0 heterocycles. The number of hydrogen-bond acceptors (Lipinski definition) is 4. The molecule has 1 aliphatic carbocycles. The smallest absolute Gasteiger partial charge is 0.102 e. The molecule has 1 fully saturated rings. The predicted molar refractivity (Wildman–Crippen MR) is 149 cm³/mol. The second-order valence-electron chi connectivity index (χ2n) is 10.3. The Morgan fingerprint density at radius 3 is 1.83 bits per heavy atom. The van der Waals surface area contributed by atoms with Gasteiger partial charge in [-0.3, -0.25) is 4.90 Å². The highest BCUT2D eigenvalue weighted by molar-refractivity contribution is 5.15. The summed E-state index contributed by atoms with van der Waals surface area (Å²) in [6, 6.07) is 21.2. The summed E-state index contributed by atoms with van der Waals surface area (Å²) < 4.78 is 19.8. The van der Waals surface area contributed by atoms with Crippen LogP contribution in [0.25, 0.3) is 0 Å². The lowest BCUT2D eigenvalue weighted by atomic mass is 10.1. The van der Waals surface area contributed by atoms with Crippen LogP contribution in [0.4, 0.5) is 0 Å². The predicted octanol–water partition coefficient (Wildman–Crippen LogP) is 7.41. The third-order valence-corrected chi connectivity index (χ3v) is 7.34. The first-order valence-electron chi connectivity index (χ1n) is 14.4. The molecule has 0 saturated heterocycles. The average Bonchev–Trinajstić information content (AvgIpc) is 3.27. The van der Waals surface area contributed by atoms with Crippen molar-refractivity contribution in [2.75, 3.05) is 20.2 Å². The van der Waals surface area contributed by atoms with Crippen LogP contribution in [0.2, 0.25) is 0 Å².